The summed E-state index contributed by atoms with van der Waals surface area (Å²) < 4.78 is 0. The van der Waals surface area contributed by atoms with E-state index in [1.165, 1.54) is 12.8 Å². The number of hydrogen-bond acceptors (Lipinski definition) is 1. The van der Waals surface area contributed by atoms with Crippen LogP contribution >= 0.6 is 11.6 Å². The molecule has 0 bridgehead atoms. The van der Waals surface area contributed by atoms with Crippen LogP contribution < -0.4 is 0 Å². The van der Waals surface area contributed by atoms with Gasteiger partial charge in [-0.05, 0) is 18.3 Å². The van der Waals surface area contributed by atoms with E-state index in [1.54, 1.807) is 0 Å². The van der Waals surface area contributed by atoms with Gasteiger partial charge in [0.15, 0.2) is 0 Å². The lowest BCUT2D eigenvalue weighted by Crippen LogP contribution is -2.16. The van der Waals surface area contributed by atoms with Gasteiger partial charge in [0.05, 0.1) is 0 Å². The molecule has 0 aromatic carbocycles. The van der Waals surface area contributed by atoms with E-state index in [0.29, 0.717) is 0 Å². The molecule has 0 fully saturated rings. The van der Waals surface area contributed by atoms with Crippen LogP contribution in [0, 0.1) is 5.41 Å². The fourth-order valence-electron chi connectivity index (χ4n) is 0.954. The summed E-state index contributed by atoms with van der Waals surface area (Å²) in [6.45, 7) is 4.47. The molecule has 0 aliphatic rings. The van der Waals surface area contributed by atoms with Crippen molar-refractivity contribution in [2.24, 2.45) is 5.41 Å². The lowest BCUT2D eigenvalue weighted by molar-refractivity contribution is 0.147. The third kappa shape index (κ3) is 6.64. The molecule has 11 heavy (non-hydrogen) atoms. The summed E-state index contributed by atoms with van der Waals surface area (Å²) in [5, 5.41) is 8.92. The van der Waals surface area contributed by atoms with Crippen molar-refractivity contribution in [2.75, 3.05) is 12.5 Å². The fraction of sp³-hybridized carbons (Fsp3) is 1.00. The first-order chi connectivity index (χ1) is 5.12. The van der Waals surface area contributed by atoms with E-state index in [1.807, 2.05) is 0 Å². The second kappa shape index (κ2) is 5.84. The quantitative estimate of drug-likeness (QED) is 0.490. The maximum absolute atomic E-state index is 8.92. The van der Waals surface area contributed by atoms with Crippen LogP contribution in [0.25, 0.3) is 0 Å². The Bertz CT molecular complexity index is 91.6. The Morgan fingerprint density at radius 2 is 1.82 bits per heavy atom. The van der Waals surface area contributed by atoms with Gasteiger partial charge in [-0.3, -0.25) is 0 Å². The molecule has 68 valence electrons. The number of unbranched alkanes of at least 4 members (excludes halogenated alkanes) is 2. The van der Waals surface area contributed by atoms with Gasteiger partial charge in [0, 0.05) is 12.5 Å². The van der Waals surface area contributed by atoms with Gasteiger partial charge in [-0.2, -0.15) is 0 Å². The molecular weight excluding hydrogens is 160 g/mol. The highest BCUT2D eigenvalue weighted by molar-refractivity contribution is 6.17. The van der Waals surface area contributed by atoms with Crippen molar-refractivity contribution >= 4 is 11.6 Å². The summed E-state index contributed by atoms with van der Waals surface area (Å²) in [5.74, 6) is 0.763. The molecule has 0 atom stereocenters. The molecule has 1 nitrogen and oxygen atoms in total. The molecular formula is C9H19ClO. The van der Waals surface area contributed by atoms with Crippen LogP contribution in [0.5, 0.6) is 0 Å². The summed E-state index contributed by atoms with van der Waals surface area (Å²) >= 11 is 5.54. The minimum Gasteiger partial charge on any atom is -0.396 e. The molecule has 0 radical (unpaired) electrons. The number of alkyl halides is 1. The average Bonchev–Trinajstić information content (AvgIpc) is 1.99. The number of aliphatic hydroxyl groups is 1. The molecule has 0 aromatic rings. The molecule has 2 heteroatoms. The summed E-state index contributed by atoms with van der Waals surface area (Å²) in [5.41, 5.74) is 0.103. The van der Waals surface area contributed by atoms with Gasteiger partial charge in [-0.15, -0.1) is 11.6 Å². The number of rotatable bonds is 6. The Labute approximate surface area is 74.8 Å². The Kier molecular flexibility index (Phi) is 5.98. The molecule has 0 aliphatic heterocycles. The highest BCUT2D eigenvalue weighted by Gasteiger charge is 2.14. The van der Waals surface area contributed by atoms with Crippen molar-refractivity contribution in [1.29, 1.82) is 0 Å². The van der Waals surface area contributed by atoms with E-state index in [-0.39, 0.29) is 12.0 Å². The SMILES string of the molecule is CC(C)(CO)CCCCCCl. The summed E-state index contributed by atoms with van der Waals surface area (Å²) in [4.78, 5) is 0. The zero-order valence-electron chi connectivity index (χ0n) is 7.57. The van der Waals surface area contributed by atoms with Gasteiger partial charge in [0.2, 0.25) is 0 Å². The van der Waals surface area contributed by atoms with Crippen molar-refractivity contribution < 1.29 is 5.11 Å². The van der Waals surface area contributed by atoms with E-state index >= 15 is 0 Å². The Hall–Kier alpha value is 0.250. The maximum Gasteiger partial charge on any atom is 0.0482 e. The third-order valence-electron chi connectivity index (χ3n) is 1.92. The normalized spacial score (nSPS) is 12.0. The lowest BCUT2D eigenvalue weighted by Gasteiger charge is -2.20. The smallest absolute Gasteiger partial charge is 0.0482 e. The molecule has 0 saturated carbocycles. The van der Waals surface area contributed by atoms with Crippen LogP contribution in [0.3, 0.4) is 0 Å². The van der Waals surface area contributed by atoms with E-state index < -0.39 is 0 Å². The van der Waals surface area contributed by atoms with Crippen molar-refractivity contribution in [2.45, 2.75) is 39.5 Å². The van der Waals surface area contributed by atoms with Crippen LogP contribution in [-0.2, 0) is 0 Å². The number of halogens is 1. The van der Waals surface area contributed by atoms with Gasteiger partial charge >= 0.3 is 0 Å². The van der Waals surface area contributed by atoms with E-state index in [0.717, 1.165) is 18.7 Å². The zero-order valence-corrected chi connectivity index (χ0v) is 8.32. The van der Waals surface area contributed by atoms with E-state index in [9.17, 15) is 0 Å². The standard InChI is InChI=1S/C9H19ClO/c1-9(2,8-11)6-4-3-5-7-10/h11H,3-8H2,1-2H3. The highest BCUT2D eigenvalue weighted by Crippen LogP contribution is 2.22. The summed E-state index contributed by atoms with van der Waals surface area (Å²) in [6, 6.07) is 0. The first-order valence-electron chi connectivity index (χ1n) is 4.29. The van der Waals surface area contributed by atoms with Gasteiger partial charge in [-0.25, -0.2) is 0 Å². The van der Waals surface area contributed by atoms with Crippen LogP contribution in [0.15, 0.2) is 0 Å². The Morgan fingerprint density at radius 3 is 2.27 bits per heavy atom. The molecule has 0 saturated heterocycles. The van der Waals surface area contributed by atoms with Crippen LogP contribution in [-0.4, -0.2) is 17.6 Å². The van der Waals surface area contributed by atoms with Gasteiger partial charge < -0.3 is 5.11 Å². The number of aliphatic hydroxyl groups excluding tert-OH is 1. The molecule has 0 unspecified atom stereocenters. The summed E-state index contributed by atoms with van der Waals surface area (Å²) in [7, 11) is 0. The first kappa shape index (κ1) is 11.2. The largest absolute Gasteiger partial charge is 0.396 e. The van der Waals surface area contributed by atoms with Crippen molar-refractivity contribution in [3.05, 3.63) is 0 Å². The van der Waals surface area contributed by atoms with Crippen molar-refractivity contribution in [3.63, 3.8) is 0 Å². The third-order valence-corrected chi connectivity index (χ3v) is 2.18. The Balaban J connectivity index is 3.23. The molecule has 0 aliphatic carbocycles. The maximum atomic E-state index is 8.92. The monoisotopic (exact) mass is 178 g/mol. The van der Waals surface area contributed by atoms with Crippen LogP contribution in [0.2, 0.25) is 0 Å². The zero-order chi connectivity index (χ0) is 8.74. The minimum absolute atomic E-state index is 0.103. The second-order valence-corrected chi connectivity index (χ2v) is 4.20. The predicted octanol–water partition coefficient (Wildman–Crippen LogP) is 2.80. The molecule has 0 rings (SSSR count). The van der Waals surface area contributed by atoms with Gasteiger partial charge in [0.1, 0.15) is 0 Å². The molecule has 0 aromatic heterocycles. The first-order valence-corrected chi connectivity index (χ1v) is 4.83. The highest BCUT2D eigenvalue weighted by atomic mass is 35.5. The molecule has 0 heterocycles. The molecule has 0 amide bonds. The fourth-order valence-corrected chi connectivity index (χ4v) is 1.14. The summed E-state index contributed by atoms with van der Waals surface area (Å²) in [6.07, 6.45) is 4.57. The molecule has 0 spiro atoms. The minimum atomic E-state index is 0.103. The topological polar surface area (TPSA) is 20.2 Å². The van der Waals surface area contributed by atoms with E-state index in [2.05, 4.69) is 13.8 Å². The lowest BCUT2D eigenvalue weighted by atomic mass is 9.88. The van der Waals surface area contributed by atoms with Gasteiger partial charge in [0.25, 0.3) is 0 Å². The van der Waals surface area contributed by atoms with Crippen molar-refractivity contribution in [1.82, 2.24) is 0 Å². The van der Waals surface area contributed by atoms with Gasteiger partial charge in [-0.1, -0.05) is 26.7 Å². The van der Waals surface area contributed by atoms with Crippen LogP contribution in [0.1, 0.15) is 39.5 Å². The molecule has 1 N–H and O–H groups in total. The predicted molar refractivity (Wildman–Crippen MR) is 50.1 cm³/mol. The second-order valence-electron chi connectivity index (χ2n) is 3.82. The number of hydrogen-bond donors (Lipinski definition) is 1. The van der Waals surface area contributed by atoms with Crippen molar-refractivity contribution in [3.8, 4) is 0 Å². The Morgan fingerprint density at radius 1 is 1.18 bits per heavy atom. The van der Waals surface area contributed by atoms with E-state index in [4.69, 9.17) is 16.7 Å². The van der Waals surface area contributed by atoms with Crippen LogP contribution in [0.4, 0.5) is 0 Å². The average molecular weight is 179 g/mol.